The summed E-state index contributed by atoms with van der Waals surface area (Å²) in [6.07, 6.45) is 6.96. The van der Waals surface area contributed by atoms with Gasteiger partial charge in [-0.1, -0.05) is 13.0 Å². The summed E-state index contributed by atoms with van der Waals surface area (Å²) in [5, 5.41) is 11.2. The molecule has 0 bridgehead atoms. The largest absolute Gasteiger partial charge is 0.490 e. The van der Waals surface area contributed by atoms with E-state index in [9.17, 15) is 5.11 Å². The standard InChI is InChI=1S/C17H21N3O2/c1-2-4-17-19-9-10-20(17)11-13(21)12-22-16-6-3-5-15-14(16)7-8-18-15/h3,5-10,13,18,21H,2,4,11-12H2,1H3. The fraction of sp³-hybridized carbons (Fsp3) is 0.353. The Morgan fingerprint density at radius 2 is 2.27 bits per heavy atom. The fourth-order valence-corrected chi connectivity index (χ4v) is 2.61. The van der Waals surface area contributed by atoms with E-state index in [1.165, 1.54) is 0 Å². The van der Waals surface area contributed by atoms with Crippen molar-refractivity contribution >= 4 is 10.9 Å². The van der Waals surface area contributed by atoms with Gasteiger partial charge in [-0.05, 0) is 24.6 Å². The molecule has 5 heteroatoms. The zero-order valence-electron chi connectivity index (χ0n) is 12.7. The highest BCUT2D eigenvalue weighted by atomic mass is 16.5. The molecule has 2 N–H and O–H groups in total. The SMILES string of the molecule is CCCc1nccn1CC(O)COc1cccc2[nH]ccc12. The summed E-state index contributed by atoms with van der Waals surface area (Å²) >= 11 is 0. The van der Waals surface area contributed by atoms with Gasteiger partial charge in [0.1, 0.15) is 24.3 Å². The smallest absolute Gasteiger partial charge is 0.128 e. The fourth-order valence-electron chi connectivity index (χ4n) is 2.61. The summed E-state index contributed by atoms with van der Waals surface area (Å²) in [5.41, 5.74) is 1.03. The molecule has 5 nitrogen and oxygen atoms in total. The Morgan fingerprint density at radius 1 is 1.36 bits per heavy atom. The molecule has 2 heterocycles. The number of nitrogens with zero attached hydrogens (tertiary/aromatic N) is 2. The number of imidazole rings is 1. The summed E-state index contributed by atoms with van der Waals surface area (Å²) in [5.74, 6) is 1.80. The number of aliphatic hydroxyl groups is 1. The van der Waals surface area contributed by atoms with Crippen LogP contribution in [0.2, 0.25) is 0 Å². The zero-order valence-corrected chi connectivity index (χ0v) is 12.7. The van der Waals surface area contributed by atoms with Crippen LogP contribution in [0, 0.1) is 0 Å². The summed E-state index contributed by atoms with van der Waals surface area (Å²) in [4.78, 5) is 7.47. The maximum Gasteiger partial charge on any atom is 0.128 e. The van der Waals surface area contributed by atoms with Gasteiger partial charge in [-0.15, -0.1) is 0 Å². The topological polar surface area (TPSA) is 63.1 Å². The first-order chi connectivity index (χ1) is 10.8. The molecule has 0 saturated heterocycles. The molecule has 0 radical (unpaired) electrons. The Hall–Kier alpha value is -2.27. The first kappa shape index (κ1) is 14.7. The van der Waals surface area contributed by atoms with Crippen LogP contribution in [0.25, 0.3) is 10.9 Å². The first-order valence-corrected chi connectivity index (χ1v) is 7.65. The van der Waals surface area contributed by atoms with Crippen molar-refractivity contribution in [1.82, 2.24) is 14.5 Å². The predicted molar refractivity (Wildman–Crippen MR) is 86.0 cm³/mol. The van der Waals surface area contributed by atoms with Gasteiger partial charge < -0.3 is 19.4 Å². The van der Waals surface area contributed by atoms with Crippen LogP contribution < -0.4 is 4.74 Å². The average molecular weight is 299 g/mol. The van der Waals surface area contributed by atoms with Crippen LogP contribution in [-0.2, 0) is 13.0 Å². The van der Waals surface area contributed by atoms with Gasteiger partial charge in [-0.3, -0.25) is 0 Å². The van der Waals surface area contributed by atoms with Gasteiger partial charge in [0.05, 0.1) is 6.54 Å². The third kappa shape index (κ3) is 3.14. The van der Waals surface area contributed by atoms with Crippen molar-refractivity contribution in [3.63, 3.8) is 0 Å². The van der Waals surface area contributed by atoms with Crippen LogP contribution in [0.15, 0.2) is 42.9 Å². The van der Waals surface area contributed by atoms with E-state index in [4.69, 9.17) is 4.74 Å². The molecule has 0 aliphatic carbocycles. The van der Waals surface area contributed by atoms with Crippen LogP contribution in [0.5, 0.6) is 5.75 Å². The molecular weight excluding hydrogens is 278 g/mol. The normalized spacial score (nSPS) is 12.6. The molecule has 1 atom stereocenters. The maximum atomic E-state index is 10.2. The second-order valence-electron chi connectivity index (χ2n) is 5.41. The van der Waals surface area contributed by atoms with E-state index in [2.05, 4.69) is 16.9 Å². The van der Waals surface area contributed by atoms with Gasteiger partial charge in [-0.25, -0.2) is 4.98 Å². The van der Waals surface area contributed by atoms with Crippen molar-refractivity contribution in [1.29, 1.82) is 0 Å². The summed E-state index contributed by atoms with van der Waals surface area (Å²) in [7, 11) is 0. The number of fused-ring (bicyclic) bond motifs is 1. The summed E-state index contributed by atoms with van der Waals surface area (Å²) in [6.45, 7) is 2.88. The molecule has 2 aromatic heterocycles. The Bertz CT molecular complexity index is 732. The third-order valence-corrected chi connectivity index (χ3v) is 3.67. The molecule has 0 saturated carbocycles. The molecule has 116 valence electrons. The monoisotopic (exact) mass is 299 g/mol. The van der Waals surface area contributed by atoms with E-state index in [0.717, 1.165) is 35.3 Å². The van der Waals surface area contributed by atoms with Gasteiger partial charge in [0.2, 0.25) is 0 Å². The highest BCUT2D eigenvalue weighted by Gasteiger charge is 2.11. The van der Waals surface area contributed by atoms with Crippen molar-refractivity contribution in [3.8, 4) is 5.75 Å². The number of ether oxygens (including phenoxy) is 1. The number of aromatic nitrogens is 3. The van der Waals surface area contributed by atoms with E-state index < -0.39 is 6.10 Å². The summed E-state index contributed by atoms with van der Waals surface area (Å²) in [6, 6.07) is 7.84. The lowest BCUT2D eigenvalue weighted by Crippen LogP contribution is -2.24. The number of H-pyrrole nitrogens is 1. The lowest BCUT2D eigenvalue weighted by Gasteiger charge is -2.15. The maximum absolute atomic E-state index is 10.2. The number of aliphatic hydroxyl groups excluding tert-OH is 1. The van der Waals surface area contributed by atoms with E-state index in [1.807, 2.05) is 41.2 Å². The Labute approximate surface area is 129 Å². The minimum absolute atomic E-state index is 0.258. The molecule has 3 aromatic rings. The van der Waals surface area contributed by atoms with Crippen LogP contribution in [-0.4, -0.2) is 32.4 Å². The van der Waals surface area contributed by atoms with Crippen molar-refractivity contribution in [3.05, 3.63) is 48.7 Å². The molecule has 1 aromatic carbocycles. The van der Waals surface area contributed by atoms with Crippen molar-refractivity contribution in [2.24, 2.45) is 0 Å². The van der Waals surface area contributed by atoms with Crippen LogP contribution >= 0.6 is 0 Å². The molecule has 0 fully saturated rings. The first-order valence-electron chi connectivity index (χ1n) is 7.65. The minimum atomic E-state index is -0.570. The molecule has 3 rings (SSSR count). The highest BCUT2D eigenvalue weighted by Crippen LogP contribution is 2.24. The van der Waals surface area contributed by atoms with Crippen LogP contribution in [0.4, 0.5) is 0 Å². The quantitative estimate of drug-likeness (QED) is 0.705. The molecule has 0 aliphatic rings. The van der Waals surface area contributed by atoms with Crippen LogP contribution in [0.3, 0.4) is 0 Å². The zero-order chi connectivity index (χ0) is 15.4. The van der Waals surface area contributed by atoms with Gasteiger partial charge in [0.25, 0.3) is 0 Å². The Kier molecular flexibility index (Phi) is 4.44. The number of aryl methyl sites for hydroxylation is 1. The third-order valence-electron chi connectivity index (χ3n) is 3.67. The molecular formula is C17H21N3O2. The molecule has 1 unspecified atom stereocenters. The average Bonchev–Trinajstić information content (AvgIpc) is 3.15. The van der Waals surface area contributed by atoms with Crippen molar-refractivity contribution in [2.75, 3.05) is 6.61 Å². The second kappa shape index (κ2) is 6.66. The number of aromatic amines is 1. The number of hydrogen-bond acceptors (Lipinski definition) is 3. The number of rotatable bonds is 7. The molecule has 0 aliphatic heterocycles. The highest BCUT2D eigenvalue weighted by molar-refractivity contribution is 5.85. The van der Waals surface area contributed by atoms with E-state index in [0.29, 0.717) is 6.54 Å². The molecule has 22 heavy (non-hydrogen) atoms. The van der Waals surface area contributed by atoms with Gasteiger partial charge in [-0.2, -0.15) is 0 Å². The Balaban J connectivity index is 1.61. The van der Waals surface area contributed by atoms with Crippen LogP contribution in [0.1, 0.15) is 19.2 Å². The lowest BCUT2D eigenvalue weighted by molar-refractivity contribution is 0.0924. The number of nitrogens with one attached hydrogen (secondary N) is 1. The predicted octanol–water partition coefficient (Wildman–Crippen LogP) is 2.76. The molecule has 0 amide bonds. The number of benzene rings is 1. The van der Waals surface area contributed by atoms with E-state index in [1.54, 1.807) is 6.20 Å². The van der Waals surface area contributed by atoms with Gasteiger partial charge >= 0.3 is 0 Å². The number of hydrogen-bond donors (Lipinski definition) is 2. The van der Waals surface area contributed by atoms with E-state index in [-0.39, 0.29) is 6.61 Å². The van der Waals surface area contributed by atoms with E-state index >= 15 is 0 Å². The van der Waals surface area contributed by atoms with Crippen molar-refractivity contribution in [2.45, 2.75) is 32.4 Å². The van der Waals surface area contributed by atoms with Gasteiger partial charge in [0.15, 0.2) is 0 Å². The van der Waals surface area contributed by atoms with Crippen molar-refractivity contribution < 1.29 is 9.84 Å². The lowest BCUT2D eigenvalue weighted by atomic mass is 10.2. The van der Waals surface area contributed by atoms with Gasteiger partial charge in [0, 0.05) is 35.9 Å². The Morgan fingerprint density at radius 3 is 3.14 bits per heavy atom. The minimum Gasteiger partial charge on any atom is -0.490 e. The summed E-state index contributed by atoms with van der Waals surface area (Å²) < 4.78 is 7.78. The second-order valence-corrected chi connectivity index (χ2v) is 5.41. The molecule has 0 spiro atoms.